The van der Waals surface area contributed by atoms with Crippen LogP contribution in [0.15, 0.2) is 66.7 Å². The van der Waals surface area contributed by atoms with E-state index in [1.54, 1.807) is 0 Å². The number of unbranched alkanes of at least 4 members (excludes halogenated alkanes) is 6. The molecule has 3 aromatic heterocycles. The first-order chi connectivity index (χ1) is 35.1. The highest BCUT2D eigenvalue weighted by atomic mass is 16.6. The summed E-state index contributed by atoms with van der Waals surface area (Å²) in [6.07, 6.45) is 9.46. The van der Waals surface area contributed by atoms with Crippen LogP contribution in [0, 0.1) is 0 Å². The minimum Gasteiger partial charge on any atom is -0.494 e. The molecule has 0 fully saturated rings. The molecule has 0 saturated carbocycles. The number of aromatic nitrogens is 8. The number of nitrogens with zero attached hydrogens (tertiary/aromatic N) is 6. The standard InChI is InChI=1S/C55H62N8O8/c1-4-7-10-19-67-35-13-16-38-41(30-35)51-56-48(38)57-52-42-31-36(68-20-11-8-5-2)14-17-39(42)50(59-52)61-54-44-33-46-47(71-29-27-66-25-23-64-22-24-65-26-28-70-46)34-45(44)55(63-54)62-53-43-32-37(69-21-12-9-6-3)15-18-40(43)49(58-51)60-53/h13-18,30-34H,4-12,19-29H2,1-3H3,(H2,56,57,58,59,60,61,62,63). The molecule has 8 bridgehead atoms. The van der Waals surface area contributed by atoms with Gasteiger partial charge in [-0.05, 0) is 86.0 Å². The first-order valence-electron chi connectivity index (χ1n) is 25.4. The molecule has 0 amide bonds. The number of rotatable bonds is 15. The first kappa shape index (κ1) is 47.8. The Morgan fingerprint density at radius 2 is 0.746 bits per heavy atom. The van der Waals surface area contributed by atoms with E-state index in [1.807, 2.05) is 66.7 Å². The lowest BCUT2D eigenvalue weighted by atomic mass is 10.1. The number of ether oxygens (including phenoxy) is 8. The molecular formula is C55H62N8O8. The Morgan fingerprint density at radius 3 is 1.18 bits per heavy atom. The number of nitrogens with one attached hydrogen (secondary N) is 2. The summed E-state index contributed by atoms with van der Waals surface area (Å²) in [5.74, 6) is 5.11. The summed E-state index contributed by atoms with van der Waals surface area (Å²) in [6, 6.07) is 21.9. The van der Waals surface area contributed by atoms with Crippen molar-refractivity contribution in [2.24, 2.45) is 0 Å². The lowest BCUT2D eigenvalue weighted by Gasteiger charge is -2.13. The average molecular weight is 963 g/mol. The molecule has 0 spiro atoms. The van der Waals surface area contributed by atoms with Gasteiger partial charge in [0.2, 0.25) is 0 Å². The molecule has 0 radical (unpaired) electrons. The van der Waals surface area contributed by atoms with E-state index in [9.17, 15) is 0 Å². The van der Waals surface area contributed by atoms with Crippen LogP contribution in [0.25, 0.3) is 89.7 Å². The third kappa shape index (κ3) is 11.0. The highest BCUT2D eigenvalue weighted by molar-refractivity contribution is 6.07. The second kappa shape index (κ2) is 22.9. The monoisotopic (exact) mass is 962 g/mol. The van der Waals surface area contributed by atoms with Gasteiger partial charge < -0.3 is 47.9 Å². The van der Waals surface area contributed by atoms with E-state index in [0.29, 0.717) is 117 Å². The molecule has 71 heavy (non-hydrogen) atoms. The van der Waals surface area contributed by atoms with Crippen LogP contribution < -0.4 is 23.7 Å². The number of hydrogen-bond acceptors (Lipinski definition) is 14. The SMILES string of the molecule is CCCCCOc1ccc2c(c1)-c1nc-2nc2[nH]c(nc3nc(nc4[nH]c(n1)c1ccc(OCCCCC)cc41)-c1ccc(OCCCCC)cc1-3)c1cc3c(cc21)OCCOCCOCCOCCO3. The summed E-state index contributed by atoms with van der Waals surface area (Å²) < 4.78 is 48.9. The number of hydrogen-bond donors (Lipinski definition) is 2. The third-order valence-electron chi connectivity index (χ3n) is 12.6. The second-order valence-corrected chi connectivity index (χ2v) is 17.8. The van der Waals surface area contributed by atoms with Crippen molar-refractivity contribution in [2.75, 3.05) is 72.7 Å². The predicted molar refractivity (Wildman–Crippen MR) is 275 cm³/mol. The van der Waals surface area contributed by atoms with E-state index >= 15 is 0 Å². The van der Waals surface area contributed by atoms with Crippen LogP contribution in [0.4, 0.5) is 0 Å². The fraction of sp³-hybridized carbons (Fsp3) is 0.418. The number of fused-ring (bicyclic) bond motifs is 21. The molecule has 4 aromatic carbocycles. The van der Waals surface area contributed by atoms with E-state index in [4.69, 9.17) is 67.8 Å². The fourth-order valence-corrected chi connectivity index (χ4v) is 8.82. The van der Waals surface area contributed by atoms with Crippen molar-refractivity contribution >= 4 is 44.1 Å². The zero-order valence-electron chi connectivity index (χ0n) is 40.9. The van der Waals surface area contributed by atoms with Crippen LogP contribution in [0.2, 0.25) is 0 Å². The molecule has 370 valence electrons. The maximum atomic E-state index is 6.39. The van der Waals surface area contributed by atoms with Gasteiger partial charge in [-0.1, -0.05) is 59.3 Å². The Balaban J connectivity index is 1.21. The van der Waals surface area contributed by atoms with Gasteiger partial charge in [0.05, 0.1) is 59.5 Å². The molecule has 7 aromatic rings. The minimum absolute atomic E-state index is 0.287. The van der Waals surface area contributed by atoms with Crippen molar-refractivity contribution in [1.29, 1.82) is 0 Å². The van der Waals surface area contributed by atoms with Crippen molar-refractivity contribution in [1.82, 2.24) is 39.9 Å². The second-order valence-electron chi connectivity index (χ2n) is 17.8. The predicted octanol–water partition coefficient (Wildman–Crippen LogP) is 11.4. The first-order valence-corrected chi connectivity index (χ1v) is 25.4. The van der Waals surface area contributed by atoms with Crippen molar-refractivity contribution in [3.63, 3.8) is 0 Å². The molecule has 0 atom stereocenters. The van der Waals surface area contributed by atoms with Gasteiger partial charge in [-0.2, -0.15) is 0 Å². The minimum atomic E-state index is 0.287. The van der Waals surface area contributed by atoms with E-state index in [-0.39, 0.29) is 13.2 Å². The molecule has 6 heterocycles. The molecule has 0 saturated heterocycles. The molecular weight excluding hydrogens is 901 g/mol. The van der Waals surface area contributed by atoms with E-state index < -0.39 is 0 Å². The fourth-order valence-electron chi connectivity index (χ4n) is 8.82. The Labute approximate surface area is 412 Å². The smallest absolute Gasteiger partial charge is 0.164 e. The van der Waals surface area contributed by atoms with E-state index in [2.05, 4.69) is 30.7 Å². The van der Waals surface area contributed by atoms with Crippen molar-refractivity contribution in [2.45, 2.75) is 78.6 Å². The van der Waals surface area contributed by atoms with Crippen LogP contribution in [0.1, 0.15) is 78.6 Å². The highest BCUT2D eigenvalue weighted by Gasteiger charge is 2.25. The summed E-state index contributed by atoms with van der Waals surface area (Å²) in [4.78, 5) is 38.7. The molecule has 16 nitrogen and oxygen atoms in total. The average Bonchev–Trinajstić information content (AvgIpc) is 4.11. The van der Waals surface area contributed by atoms with Gasteiger partial charge in [0.25, 0.3) is 0 Å². The van der Waals surface area contributed by atoms with Gasteiger partial charge in [-0.15, -0.1) is 0 Å². The summed E-state index contributed by atoms with van der Waals surface area (Å²) >= 11 is 0. The Hall–Kier alpha value is -6.88. The zero-order valence-corrected chi connectivity index (χ0v) is 40.9. The lowest BCUT2D eigenvalue weighted by Crippen LogP contribution is -2.13. The molecule has 3 aliphatic heterocycles. The van der Waals surface area contributed by atoms with Gasteiger partial charge in [-0.25, -0.2) is 29.9 Å². The van der Waals surface area contributed by atoms with E-state index in [1.165, 1.54) is 0 Å². The lowest BCUT2D eigenvalue weighted by molar-refractivity contribution is 0.00708. The Bertz CT molecular complexity index is 3150. The number of benzene rings is 4. The van der Waals surface area contributed by atoms with Gasteiger partial charge in [0.15, 0.2) is 34.8 Å². The largest absolute Gasteiger partial charge is 0.494 e. The summed E-state index contributed by atoms with van der Waals surface area (Å²) in [6.45, 7) is 11.5. The number of aromatic amines is 2. The van der Waals surface area contributed by atoms with Crippen LogP contribution in [0.3, 0.4) is 0 Å². The molecule has 16 heteroatoms. The van der Waals surface area contributed by atoms with Crippen LogP contribution in [-0.4, -0.2) is 113 Å². The van der Waals surface area contributed by atoms with Crippen LogP contribution in [0.5, 0.6) is 28.7 Å². The van der Waals surface area contributed by atoms with Gasteiger partial charge >= 0.3 is 0 Å². The summed E-state index contributed by atoms with van der Waals surface area (Å²) in [5, 5.41) is 3.14. The molecule has 3 aliphatic rings. The van der Waals surface area contributed by atoms with Crippen molar-refractivity contribution < 1.29 is 37.9 Å². The van der Waals surface area contributed by atoms with Crippen molar-refractivity contribution in [3.8, 4) is 74.3 Å². The van der Waals surface area contributed by atoms with Crippen LogP contribution >= 0.6 is 0 Å². The summed E-state index contributed by atoms with van der Waals surface area (Å²) in [5.41, 5.74) is 5.34. The third-order valence-corrected chi connectivity index (χ3v) is 12.6. The Morgan fingerprint density at radius 1 is 0.380 bits per heavy atom. The highest BCUT2D eigenvalue weighted by Crippen LogP contribution is 2.41. The Kier molecular flexibility index (Phi) is 15.4. The molecule has 2 N–H and O–H groups in total. The maximum Gasteiger partial charge on any atom is 0.164 e. The normalized spacial score (nSPS) is 14.1. The van der Waals surface area contributed by atoms with Gasteiger partial charge in [-0.3, -0.25) is 0 Å². The van der Waals surface area contributed by atoms with Crippen LogP contribution in [-0.2, 0) is 14.2 Å². The summed E-state index contributed by atoms with van der Waals surface area (Å²) in [7, 11) is 0. The van der Waals surface area contributed by atoms with E-state index in [0.717, 1.165) is 119 Å². The maximum absolute atomic E-state index is 6.39. The van der Waals surface area contributed by atoms with Gasteiger partial charge in [0, 0.05) is 43.8 Å². The van der Waals surface area contributed by atoms with Crippen molar-refractivity contribution in [3.05, 3.63) is 66.7 Å². The zero-order chi connectivity index (χ0) is 48.4. The molecule has 0 aliphatic carbocycles. The molecule has 0 unspecified atom stereocenters. The number of H-pyrrole nitrogens is 2. The molecule has 10 rings (SSSR count). The van der Waals surface area contributed by atoms with Gasteiger partial charge in [0.1, 0.15) is 53.1 Å². The quantitative estimate of drug-likeness (QED) is 0.0925. The topological polar surface area (TPSA) is 183 Å².